The molecule has 0 unspecified atom stereocenters. The van der Waals surface area contributed by atoms with Crippen LogP contribution in [0.4, 0.5) is 0 Å². The minimum Gasteiger partial charge on any atom is -0.381 e. The van der Waals surface area contributed by atoms with Crippen molar-refractivity contribution in [2.24, 2.45) is 5.92 Å². The van der Waals surface area contributed by atoms with Crippen LogP contribution in [0, 0.1) is 5.92 Å². The van der Waals surface area contributed by atoms with Crippen LogP contribution in [-0.2, 0) is 9.53 Å². The van der Waals surface area contributed by atoms with E-state index >= 15 is 0 Å². The molecule has 4 nitrogen and oxygen atoms in total. The van der Waals surface area contributed by atoms with Crippen LogP contribution in [-0.4, -0.2) is 60.7 Å². The summed E-state index contributed by atoms with van der Waals surface area (Å²) in [4.78, 5) is 15.0. The SMILES string of the molecule is O=C(CC[C@H]1CCOC1)NCC1(N2CCSCC2)CCCCC1. The van der Waals surface area contributed by atoms with Crippen LogP contribution in [0.2, 0.25) is 0 Å². The van der Waals surface area contributed by atoms with Gasteiger partial charge in [-0.1, -0.05) is 19.3 Å². The monoisotopic (exact) mass is 340 g/mol. The van der Waals surface area contributed by atoms with Crippen LogP contribution >= 0.6 is 11.8 Å². The van der Waals surface area contributed by atoms with Crippen LogP contribution in [0.25, 0.3) is 0 Å². The summed E-state index contributed by atoms with van der Waals surface area (Å²) in [6.45, 7) is 4.97. The Kier molecular flexibility index (Phi) is 6.66. The maximum absolute atomic E-state index is 12.3. The van der Waals surface area contributed by atoms with Gasteiger partial charge in [0.25, 0.3) is 0 Å². The van der Waals surface area contributed by atoms with Gasteiger partial charge in [-0.15, -0.1) is 0 Å². The van der Waals surface area contributed by atoms with E-state index in [4.69, 9.17) is 4.74 Å². The van der Waals surface area contributed by atoms with Gasteiger partial charge in [0.05, 0.1) is 0 Å². The van der Waals surface area contributed by atoms with Crippen molar-refractivity contribution in [2.45, 2.75) is 56.9 Å². The van der Waals surface area contributed by atoms with Gasteiger partial charge in [0.2, 0.25) is 5.91 Å². The number of thioether (sulfide) groups is 1. The lowest BCUT2D eigenvalue weighted by atomic mass is 9.80. The van der Waals surface area contributed by atoms with Gasteiger partial charge in [-0.05, 0) is 31.6 Å². The van der Waals surface area contributed by atoms with Gasteiger partial charge in [0, 0.05) is 56.3 Å². The topological polar surface area (TPSA) is 41.6 Å². The molecule has 1 amide bonds. The predicted octanol–water partition coefficient (Wildman–Crippen LogP) is 2.67. The van der Waals surface area contributed by atoms with E-state index < -0.39 is 0 Å². The molecular weight excluding hydrogens is 308 g/mol. The summed E-state index contributed by atoms with van der Waals surface area (Å²) in [6.07, 6.45) is 9.29. The Bertz CT molecular complexity index is 373. The first-order valence-corrected chi connectivity index (χ1v) is 10.6. The zero-order valence-electron chi connectivity index (χ0n) is 14.4. The highest BCUT2D eigenvalue weighted by Gasteiger charge is 2.38. The molecule has 3 rings (SSSR count). The molecule has 0 aromatic heterocycles. The summed E-state index contributed by atoms with van der Waals surface area (Å²) < 4.78 is 5.40. The van der Waals surface area contributed by atoms with Crippen molar-refractivity contribution >= 4 is 17.7 Å². The summed E-state index contributed by atoms with van der Waals surface area (Å²) in [6, 6.07) is 0. The number of nitrogens with zero attached hydrogens (tertiary/aromatic N) is 1. The Morgan fingerprint density at radius 2 is 2.00 bits per heavy atom. The second-order valence-corrected chi connectivity index (χ2v) is 8.65. The van der Waals surface area contributed by atoms with E-state index in [-0.39, 0.29) is 11.4 Å². The fourth-order valence-electron chi connectivity index (χ4n) is 4.35. The van der Waals surface area contributed by atoms with E-state index in [1.54, 1.807) is 0 Å². The number of nitrogens with one attached hydrogen (secondary N) is 1. The molecular formula is C18H32N2O2S. The Labute approximate surface area is 145 Å². The molecule has 0 aromatic rings. The average Bonchev–Trinajstić information content (AvgIpc) is 3.13. The maximum Gasteiger partial charge on any atom is 0.220 e. The molecule has 1 N–H and O–H groups in total. The average molecular weight is 341 g/mol. The van der Waals surface area contributed by atoms with Crippen molar-refractivity contribution in [1.29, 1.82) is 0 Å². The van der Waals surface area contributed by atoms with Crippen molar-refractivity contribution in [2.75, 3.05) is 44.4 Å². The maximum atomic E-state index is 12.3. The smallest absolute Gasteiger partial charge is 0.220 e. The van der Waals surface area contributed by atoms with Gasteiger partial charge >= 0.3 is 0 Å². The first kappa shape index (κ1) is 17.6. The van der Waals surface area contributed by atoms with Gasteiger partial charge in [-0.3, -0.25) is 9.69 Å². The molecule has 132 valence electrons. The first-order chi connectivity index (χ1) is 11.3. The van der Waals surface area contributed by atoms with Crippen LogP contribution in [0.5, 0.6) is 0 Å². The standard InChI is InChI=1S/C18H32N2O2S/c21-17(5-4-16-6-11-22-14-16)19-15-18(7-2-1-3-8-18)20-9-12-23-13-10-20/h16H,1-15H2,(H,19,21)/t16-/m0/s1. The number of ether oxygens (including phenoxy) is 1. The molecule has 1 aliphatic carbocycles. The second-order valence-electron chi connectivity index (χ2n) is 7.43. The van der Waals surface area contributed by atoms with Gasteiger partial charge in [0.1, 0.15) is 0 Å². The van der Waals surface area contributed by atoms with Crippen molar-refractivity contribution < 1.29 is 9.53 Å². The lowest BCUT2D eigenvalue weighted by molar-refractivity contribution is -0.122. The van der Waals surface area contributed by atoms with E-state index in [9.17, 15) is 4.79 Å². The molecule has 1 saturated carbocycles. The Balaban J connectivity index is 1.48. The van der Waals surface area contributed by atoms with Crippen molar-refractivity contribution in [3.63, 3.8) is 0 Å². The van der Waals surface area contributed by atoms with Crippen LogP contribution in [0.3, 0.4) is 0 Å². The molecule has 3 aliphatic rings. The summed E-state index contributed by atoms with van der Waals surface area (Å²) >= 11 is 2.07. The number of carbonyl (C=O) groups excluding carboxylic acids is 1. The number of hydrogen-bond acceptors (Lipinski definition) is 4. The molecule has 0 radical (unpaired) electrons. The lowest BCUT2D eigenvalue weighted by Crippen LogP contribution is -2.58. The fraction of sp³-hybridized carbons (Fsp3) is 0.944. The van der Waals surface area contributed by atoms with E-state index in [1.165, 1.54) is 56.7 Å². The third-order valence-corrected chi connectivity index (χ3v) is 6.83. The van der Waals surface area contributed by atoms with E-state index in [0.717, 1.165) is 32.6 Å². The summed E-state index contributed by atoms with van der Waals surface area (Å²) in [5, 5.41) is 3.29. The largest absolute Gasteiger partial charge is 0.381 e. The zero-order chi connectivity index (χ0) is 16.0. The Morgan fingerprint density at radius 1 is 1.22 bits per heavy atom. The molecule has 2 saturated heterocycles. The highest BCUT2D eigenvalue weighted by Crippen LogP contribution is 2.34. The normalized spacial score (nSPS) is 28.6. The van der Waals surface area contributed by atoms with E-state index in [0.29, 0.717) is 12.3 Å². The summed E-state index contributed by atoms with van der Waals surface area (Å²) in [5.41, 5.74) is 0.241. The third kappa shape index (κ3) is 4.86. The third-order valence-electron chi connectivity index (χ3n) is 5.88. The number of amides is 1. The lowest BCUT2D eigenvalue weighted by Gasteiger charge is -2.48. The molecule has 2 aliphatic heterocycles. The molecule has 0 bridgehead atoms. The van der Waals surface area contributed by atoms with Crippen LogP contribution < -0.4 is 5.32 Å². The summed E-state index contributed by atoms with van der Waals surface area (Å²) in [5.74, 6) is 3.34. The van der Waals surface area contributed by atoms with Gasteiger partial charge < -0.3 is 10.1 Å². The molecule has 2 heterocycles. The zero-order valence-corrected chi connectivity index (χ0v) is 15.2. The van der Waals surface area contributed by atoms with Gasteiger partial charge in [-0.2, -0.15) is 11.8 Å². The minimum absolute atomic E-state index is 0.241. The van der Waals surface area contributed by atoms with Crippen LogP contribution in [0.15, 0.2) is 0 Å². The first-order valence-electron chi connectivity index (χ1n) is 9.46. The molecule has 3 fully saturated rings. The van der Waals surface area contributed by atoms with Crippen LogP contribution in [0.1, 0.15) is 51.4 Å². The molecule has 23 heavy (non-hydrogen) atoms. The number of carbonyl (C=O) groups is 1. The van der Waals surface area contributed by atoms with Crippen molar-refractivity contribution in [1.82, 2.24) is 10.2 Å². The highest BCUT2D eigenvalue weighted by atomic mass is 32.2. The second kappa shape index (κ2) is 8.72. The number of hydrogen-bond donors (Lipinski definition) is 1. The van der Waals surface area contributed by atoms with Gasteiger partial charge in [0.15, 0.2) is 0 Å². The number of rotatable bonds is 6. The molecule has 5 heteroatoms. The van der Waals surface area contributed by atoms with Crippen molar-refractivity contribution in [3.05, 3.63) is 0 Å². The van der Waals surface area contributed by atoms with Crippen molar-refractivity contribution in [3.8, 4) is 0 Å². The highest BCUT2D eigenvalue weighted by molar-refractivity contribution is 7.99. The minimum atomic E-state index is 0.241. The molecule has 0 spiro atoms. The fourth-order valence-corrected chi connectivity index (χ4v) is 5.25. The van der Waals surface area contributed by atoms with E-state index in [1.807, 2.05) is 0 Å². The van der Waals surface area contributed by atoms with Gasteiger partial charge in [-0.25, -0.2) is 0 Å². The molecule has 1 atom stereocenters. The Morgan fingerprint density at radius 3 is 2.70 bits per heavy atom. The summed E-state index contributed by atoms with van der Waals surface area (Å²) in [7, 11) is 0. The predicted molar refractivity (Wildman–Crippen MR) is 95.9 cm³/mol. The quantitative estimate of drug-likeness (QED) is 0.807. The molecule has 0 aromatic carbocycles. The van der Waals surface area contributed by atoms with E-state index in [2.05, 4.69) is 22.0 Å². The Hall–Kier alpha value is -0.260.